The molecule has 190 valence electrons. The highest BCUT2D eigenvalue weighted by atomic mass is 16.6. The topological polar surface area (TPSA) is 107 Å². The Labute approximate surface area is 223 Å². The first-order valence-electron chi connectivity index (χ1n) is 12.1. The molecule has 0 N–H and O–H groups in total. The summed E-state index contributed by atoms with van der Waals surface area (Å²) in [6.07, 6.45) is 3.62. The molecule has 0 saturated carbocycles. The lowest BCUT2D eigenvalue weighted by molar-refractivity contribution is -0.384. The number of hydrogen-bond acceptors (Lipinski definition) is 6. The minimum Gasteiger partial charge on any atom is -0.454 e. The summed E-state index contributed by atoms with van der Waals surface area (Å²) in [4.78, 5) is 23.9. The number of nitrogens with zero attached hydrogens (tertiary/aromatic N) is 5. The van der Waals surface area contributed by atoms with Gasteiger partial charge in [-0.2, -0.15) is 15.2 Å². The van der Waals surface area contributed by atoms with Gasteiger partial charge in [0.1, 0.15) is 11.5 Å². The number of nitro groups is 1. The molecule has 0 saturated heterocycles. The second-order valence-corrected chi connectivity index (χ2v) is 8.88. The van der Waals surface area contributed by atoms with Crippen LogP contribution in [0.1, 0.15) is 12.5 Å². The molecule has 39 heavy (non-hydrogen) atoms. The van der Waals surface area contributed by atoms with Gasteiger partial charge in [-0.3, -0.25) is 14.9 Å². The van der Waals surface area contributed by atoms with Crippen LogP contribution in [0, 0.1) is 10.1 Å². The smallest absolute Gasteiger partial charge is 0.280 e. The number of carbonyl (C=O) groups excluding carboxylic acids is 1. The second kappa shape index (κ2) is 9.71. The van der Waals surface area contributed by atoms with Crippen LogP contribution in [0.15, 0.2) is 118 Å². The number of nitro benzene ring substituents is 1. The first kappa shape index (κ1) is 23.8. The summed E-state index contributed by atoms with van der Waals surface area (Å²) < 4.78 is 7.89. The molecule has 5 aromatic rings. The Kier molecular flexibility index (Phi) is 5.93. The molecule has 1 aliphatic rings. The van der Waals surface area contributed by atoms with Crippen LogP contribution >= 0.6 is 0 Å². The largest absolute Gasteiger partial charge is 0.454 e. The van der Waals surface area contributed by atoms with E-state index in [1.165, 1.54) is 17.1 Å². The van der Waals surface area contributed by atoms with Crippen molar-refractivity contribution in [2.24, 2.45) is 5.10 Å². The van der Waals surface area contributed by atoms with E-state index < -0.39 is 4.92 Å². The zero-order valence-corrected chi connectivity index (χ0v) is 20.8. The standard InChI is InChI=1S/C30H21N5O4/c1-20-26(30(36)34(31-20)24-10-6-3-7-11-24)18-22-19-33(23-8-4-2-5-9-23)32-29(22)28-17-16-27(39-28)21-12-14-25(15-13-21)35(37)38/h2-19H,1H3/b26-18+. The molecular weight excluding hydrogens is 494 g/mol. The number of hydrogen-bond donors (Lipinski definition) is 0. The maximum atomic E-state index is 13.4. The van der Waals surface area contributed by atoms with Gasteiger partial charge in [-0.25, -0.2) is 4.68 Å². The molecule has 0 bridgehead atoms. The number of carbonyl (C=O) groups is 1. The minimum atomic E-state index is -0.443. The summed E-state index contributed by atoms with van der Waals surface area (Å²) in [5, 5.41) is 21.7. The van der Waals surface area contributed by atoms with Crippen molar-refractivity contribution in [3.63, 3.8) is 0 Å². The van der Waals surface area contributed by atoms with Crippen LogP contribution in [0.4, 0.5) is 11.4 Å². The highest BCUT2D eigenvalue weighted by molar-refractivity contribution is 6.32. The SMILES string of the molecule is CC1=NN(c2ccccc2)C(=O)/C1=C/c1cn(-c2ccccc2)nc1-c1ccc(-c2ccc([N+](=O)[O-])cc2)o1. The molecule has 1 aliphatic heterocycles. The molecule has 0 atom stereocenters. The Morgan fingerprint density at radius 1 is 0.846 bits per heavy atom. The second-order valence-electron chi connectivity index (χ2n) is 8.88. The lowest BCUT2D eigenvalue weighted by Crippen LogP contribution is -2.21. The Morgan fingerprint density at radius 3 is 2.15 bits per heavy atom. The van der Waals surface area contributed by atoms with Crippen LogP contribution in [-0.2, 0) is 4.79 Å². The van der Waals surface area contributed by atoms with Crippen LogP contribution in [0.5, 0.6) is 0 Å². The van der Waals surface area contributed by atoms with Crippen molar-refractivity contribution in [2.45, 2.75) is 6.92 Å². The lowest BCUT2D eigenvalue weighted by atomic mass is 10.1. The maximum absolute atomic E-state index is 13.4. The molecule has 0 radical (unpaired) electrons. The molecule has 0 unspecified atom stereocenters. The number of para-hydroxylation sites is 2. The molecule has 6 rings (SSSR count). The quantitative estimate of drug-likeness (QED) is 0.145. The van der Waals surface area contributed by atoms with Gasteiger partial charge in [0.15, 0.2) is 5.76 Å². The fraction of sp³-hybridized carbons (Fsp3) is 0.0333. The van der Waals surface area contributed by atoms with Crippen LogP contribution in [0.2, 0.25) is 0 Å². The van der Waals surface area contributed by atoms with Gasteiger partial charge in [-0.15, -0.1) is 0 Å². The van der Waals surface area contributed by atoms with Crippen molar-refractivity contribution in [2.75, 3.05) is 5.01 Å². The number of non-ortho nitro benzene ring substituents is 1. The third kappa shape index (κ3) is 4.53. The maximum Gasteiger partial charge on any atom is 0.280 e. The van der Waals surface area contributed by atoms with Gasteiger partial charge in [0, 0.05) is 29.5 Å². The summed E-state index contributed by atoms with van der Waals surface area (Å²) in [5.41, 5.74) is 4.49. The third-order valence-electron chi connectivity index (χ3n) is 6.33. The lowest BCUT2D eigenvalue weighted by Gasteiger charge is -2.10. The van der Waals surface area contributed by atoms with Crippen LogP contribution < -0.4 is 5.01 Å². The zero-order valence-electron chi connectivity index (χ0n) is 20.8. The van der Waals surface area contributed by atoms with Crippen LogP contribution in [0.3, 0.4) is 0 Å². The van der Waals surface area contributed by atoms with E-state index in [1.54, 1.807) is 41.9 Å². The summed E-state index contributed by atoms with van der Waals surface area (Å²) in [6.45, 7) is 1.80. The van der Waals surface area contributed by atoms with E-state index in [4.69, 9.17) is 9.52 Å². The number of furan rings is 1. The van der Waals surface area contributed by atoms with E-state index in [1.807, 2.05) is 66.9 Å². The van der Waals surface area contributed by atoms with Crippen LogP contribution in [0.25, 0.3) is 34.5 Å². The molecule has 1 amide bonds. The number of rotatable bonds is 6. The summed E-state index contributed by atoms with van der Waals surface area (Å²) in [7, 11) is 0. The highest BCUT2D eigenvalue weighted by Crippen LogP contribution is 2.33. The van der Waals surface area contributed by atoms with E-state index >= 15 is 0 Å². The number of benzene rings is 3. The van der Waals surface area contributed by atoms with Crippen molar-refractivity contribution in [3.8, 4) is 28.5 Å². The van der Waals surface area contributed by atoms with E-state index in [2.05, 4.69) is 5.10 Å². The first-order chi connectivity index (χ1) is 19.0. The minimum absolute atomic E-state index is 0.00357. The van der Waals surface area contributed by atoms with E-state index in [0.717, 1.165) is 5.69 Å². The fourth-order valence-corrected chi connectivity index (χ4v) is 4.35. The van der Waals surface area contributed by atoms with E-state index in [9.17, 15) is 14.9 Å². The first-order valence-corrected chi connectivity index (χ1v) is 12.1. The molecule has 0 aliphatic carbocycles. The van der Waals surface area contributed by atoms with Crippen molar-refractivity contribution in [3.05, 3.63) is 125 Å². The number of aromatic nitrogens is 2. The van der Waals surface area contributed by atoms with Gasteiger partial charge in [0.25, 0.3) is 11.6 Å². The summed E-state index contributed by atoms with van der Waals surface area (Å²) in [5.74, 6) is 0.797. The summed E-state index contributed by atoms with van der Waals surface area (Å²) in [6, 6.07) is 28.6. The molecule has 9 heteroatoms. The van der Waals surface area contributed by atoms with E-state index in [-0.39, 0.29) is 11.6 Å². The third-order valence-corrected chi connectivity index (χ3v) is 6.33. The predicted octanol–water partition coefficient (Wildman–Crippen LogP) is 6.51. The predicted molar refractivity (Wildman–Crippen MR) is 148 cm³/mol. The molecule has 0 spiro atoms. The van der Waals surface area contributed by atoms with Crippen molar-refractivity contribution in [1.29, 1.82) is 0 Å². The zero-order chi connectivity index (χ0) is 26.9. The molecule has 3 aromatic carbocycles. The van der Waals surface area contributed by atoms with Crippen LogP contribution in [-0.4, -0.2) is 26.3 Å². The Morgan fingerprint density at radius 2 is 1.49 bits per heavy atom. The van der Waals surface area contributed by atoms with Gasteiger partial charge in [0.2, 0.25) is 0 Å². The summed E-state index contributed by atoms with van der Waals surface area (Å²) >= 11 is 0. The number of hydrazone groups is 1. The Bertz CT molecular complexity index is 1750. The molecule has 9 nitrogen and oxygen atoms in total. The van der Waals surface area contributed by atoms with E-state index in [0.29, 0.717) is 45.3 Å². The molecular formula is C30H21N5O4. The monoisotopic (exact) mass is 515 g/mol. The van der Waals surface area contributed by atoms with Gasteiger partial charge >= 0.3 is 0 Å². The average molecular weight is 516 g/mol. The van der Waals surface area contributed by atoms with Crippen molar-refractivity contribution < 1.29 is 14.1 Å². The fourth-order valence-electron chi connectivity index (χ4n) is 4.35. The molecule has 0 fully saturated rings. The number of anilines is 1. The van der Waals surface area contributed by atoms with Gasteiger partial charge in [0.05, 0.1) is 27.6 Å². The Hall–Kier alpha value is -5.57. The van der Waals surface area contributed by atoms with Crippen molar-refractivity contribution >= 4 is 29.1 Å². The number of amides is 1. The average Bonchev–Trinajstić information content (AvgIpc) is 3.69. The normalized spacial score (nSPS) is 14.2. The molecule has 3 heterocycles. The Balaban J connectivity index is 1.41. The highest BCUT2D eigenvalue weighted by Gasteiger charge is 2.29. The molecule has 2 aromatic heterocycles. The van der Waals surface area contributed by atoms with Gasteiger partial charge < -0.3 is 4.42 Å². The van der Waals surface area contributed by atoms with Crippen molar-refractivity contribution in [1.82, 2.24) is 9.78 Å². The van der Waals surface area contributed by atoms with Gasteiger partial charge in [-0.1, -0.05) is 36.4 Å². The van der Waals surface area contributed by atoms with Gasteiger partial charge in [-0.05, 0) is 61.5 Å².